The van der Waals surface area contributed by atoms with E-state index >= 15 is 0 Å². The molecule has 0 aromatic carbocycles. The van der Waals surface area contributed by atoms with E-state index in [1.54, 1.807) is 0 Å². The van der Waals surface area contributed by atoms with Crippen molar-refractivity contribution in [3.05, 3.63) is 22.7 Å². The van der Waals surface area contributed by atoms with Crippen LogP contribution in [0, 0.1) is 6.92 Å². The van der Waals surface area contributed by atoms with Crippen LogP contribution in [-0.2, 0) is 0 Å². The highest BCUT2D eigenvalue weighted by Crippen LogP contribution is 2.31. The molecule has 0 aliphatic heterocycles. The quantitative estimate of drug-likeness (QED) is 0.739. The highest BCUT2D eigenvalue weighted by Gasteiger charge is 2.14. The van der Waals surface area contributed by atoms with Crippen molar-refractivity contribution >= 4 is 33.1 Å². The van der Waals surface area contributed by atoms with E-state index in [1.807, 2.05) is 19.1 Å². The Kier molecular flexibility index (Phi) is 1.89. The molecule has 14 heavy (non-hydrogen) atoms. The predicted octanol–water partition coefficient (Wildman–Crippen LogP) is 1.29. The molecule has 0 radical (unpaired) electrons. The lowest BCUT2D eigenvalue weighted by Crippen LogP contribution is -2.10. The fraction of sp³-hybridized carbons (Fsp3) is 0.111. The Balaban J connectivity index is 2.79. The zero-order valence-corrected chi connectivity index (χ0v) is 8.39. The highest BCUT2D eigenvalue weighted by atomic mass is 32.1. The van der Waals surface area contributed by atoms with E-state index in [-0.39, 0.29) is 0 Å². The third-order valence-corrected chi connectivity index (χ3v) is 3.09. The lowest BCUT2D eigenvalue weighted by Gasteiger charge is -1.92. The number of carbonyl (C=O) groups is 1. The number of carbonyl (C=O) groups excluding carboxylic acids is 1. The van der Waals surface area contributed by atoms with Crippen molar-refractivity contribution in [2.45, 2.75) is 6.92 Å². The number of primary amides is 1. The zero-order valence-electron chi connectivity index (χ0n) is 7.57. The molecule has 2 aromatic rings. The lowest BCUT2D eigenvalue weighted by atomic mass is 10.2. The molecule has 0 fully saturated rings. The summed E-state index contributed by atoms with van der Waals surface area (Å²) in [5, 5.41) is 0.800. The normalized spacial score (nSPS) is 10.6. The van der Waals surface area contributed by atoms with Gasteiger partial charge in [-0.15, -0.1) is 11.3 Å². The number of nitrogen functional groups attached to an aromatic ring is 1. The van der Waals surface area contributed by atoms with Crippen molar-refractivity contribution in [2.24, 2.45) is 5.73 Å². The van der Waals surface area contributed by atoms with Gasteiger partial charge in [0.2, 0.25) is 0 Å². The molecular formula is C9H9N3OS. The number of aryl methyl sites for hydroxylation is 1. The second-order valence-electron chi connectivity index (χ2n) is 3.01. The lowest BCUT2D eigenvalue weighted by molar-refractivity contribution is 0.100. The Morgan fingerprint density at radius 1 is 1.50 bits per heavy atom. The number of thiophene rings is 1. The molecule has 0 unspecified atom stereocenters. The third kappa shape index (κ3) is 1.22. The third-order valence-electron chi connectivity index (χ3n) is 1.96. The molecule has 4 nitrogen and oxygen atoms in total. The molecule has 0 atom stereocenters. The minimum atomic E-state index is -0.497. The van der Waals surface area contributed by atoms with E-state index < -0.39 is 5.91 Å². The number of nitrogens with two attached hydrogens (primary N) is 2. The maximum Gasteiger partial charge on any atom is 0.260 e. The van der Waals surface area contributed by atoms with Gasteiger partial charge in [-0.05, 0) is 19.1 Å². The van der Waals surface area contributed by atoms with Crippen molar-refractivity contribution in [3.63, 3.8) is 0 Å². The van der Waals surface area contributed by atoms with Crippen LogP contribution >= 0.6 is 11.3 Å². The van der Waals surface area contributed by atoms with Gasteiger partial charge in [-0.25, -0.2) is 4.98 Å². The van der Waals surface area contributed by atoms with Crippen LogP contribution in [0.1, 0.15) is 15.4 Å². The summed E-state index contributed by atoms with van der Waals surface area (Å²) in [5.74, 6) is -0.497. The first-order chi connectivity index (χ1) is 6.59. The summed E-state index contributed by atoms with van der Waals surface area (Å²) >= 11 is 1.24. The standard InChI is InChI=1S/C9H9N3OS/c1-4-2-3-5-6(10)7(8(11)13)14-9(5)12-4/h2-3H,10H2,1H3,(H2,11,13). The first-order valence-corrected chi connectivity index (χ1v) is 4.86. The number of nitrogens with zero attached hydrogens (tertiary/aromatic N) is 1. The van der Waals surface area contributed by atoms with Crippen molar-refractivity contribution in [3.8, 4) is 0 Å². The smallest absolute Gasteiger partial charge is 0.260 e. The number of rotatable bonds is 1. The molecule has 0 spiro atoms. The van der Waals surface area contributed by atoms with E-state index in [1.165, 1.54) is 11.3 Å². The average Bonchev–Trinajstić information content (AvgIpc) is 2.43. The number of hydrogen-bond donors (Lipinski definition) is 2. The second-order valence-corrected chi connectivity index (χ2v) is 4.01. The fourth-order valence-corrected chi connectivity index (χ4v) is 2.26. The van der Waals surface area contributed by atoms with Crippen LogP contribution in [0.4, 0.5) is 5.69 Å². The molecule has 2 aromatic heterocycles. The Bertz CT molecular complexity index is 518. The monoisotopic (exact) mass is 207 g/mol. The number of hydrogen-bond acceptors (Lipinski definition) is 4. The Morgan fingerprint density at radius 3 is 2.86 bits per heavy atom. The van der Waals surface area contributed by atoms with Gasteiger partial charge in [0.25, 0.3) is 5.91 Å². The minimum absolute atomic E-state index is 0.387. The average molecular weight is 207 g/mol. The minimum Gasteiger partial charge on any atom is -0.397 e. The summed E-state index contributed by atoms with van der Waals surface area (Å²) in [5.41, 5.74) is 12.3. The molecule has 0 aliphatic carbocycles. The molecule has 5 heteroatoms. The Morgan fingerprint density at radius 2 is 2.21 bits per heavy atom. The van der Waals surface area contributed by atoms with Crippen molar-refractivity contribution in [2.75, 3.05) is 5.73 Å². The van der Waals surface area contributed by atoms with E-state index in [0.717, 1.165) is 15.9 Å². The molecule has 2 heterocycles. The van der Waals surface area contributed by atoms with Gasteiger partial charge in [-0.1, -0.05) is 0 Å². The van der Waals surface area contributed by atoms with Crippen LogP contribution in [0.25, 0.3) is 10.2 Å². The summed E-state index contributed by atoms with van der Waals surface area (Å²) in [6, 6.07) is 3.71. The Hall–Kier alpha value is -1.62. The van der Waals surface area contributed by atoms with E-state index in [2.05, 4.69) is 4.98 Å². The van der Waals surface area contributed by atoms with Gasteiger partial charge in [-0.3, -0.25) is 4.79 Å². The van der Waals surface area contributed by atoms with E-state index in [4.69, 9.17) is 11.5 Å². The molecule has 1 amide bonds. The number of pyridine rings is 1. The number of amides is 1. The summed E-state index contributed by atoms with van der Waals surface area (Å²) in [6.45, 7) is 1.89. The summed E-state index contributed by atoms with van der Waals surface area (Å²) in [4.78, 5) is 16.4. The summed E-state index contributed by atoms with van der Waals surface area (Å²) < 4.78 is 0. The zero-order chi connectivity index (χ0) is 10.3. The van der Waals surface area contributed by atoms with Crippen LogP contribution in [0.3, 0.4) is 0 Å². The first-order valence-electron chi connectivity index (χ1n) is 4.05. The predicted molar refractivity (Wildman–Crippen MR) is 57.3 cm³/mol. The molecule has 2 rings (SSSR count). The Labute approximate surface area is 84.5 Å². The van der Waals surface area contributed by atoms with E-state index in [9.17, 15) is 4.79 Å². The summed E-state index contributed by atoms with van der Waals surface area (Å²) in [7, 11) is 0. The number of anilines is 1. The second kappa shape index (κ2) is 2.95. The largest absolute Gasteiger partial charge is 0.397 e. The maximum atomic E-state index is 11.0. The van der Waals surface area contributed by atoms with Crippen molar-refractivity contribution < 1.29 is 4.79 Å². The van der Waals surface area contributed by atoms with Gasteiger partial charge >= 0.3 is 0 Å². The molecule has 4 N–H and O–H groups in total. The first kappa shape index (κ1) is 8.96. The SMILES string of the molecule is Cc1ccc2c(N)c(C(N)=O)sc2n1. The molecule has 0 aliphatic rings. The van der Waals surface area contributed by atoms with E-state index in [0.29, 0.717) is 10.6 Å². The van der Waals surface area contributed by atoms with Gasteiger partial charge in [0.1, 0.15) is 9.71 Å². The van der Waals surface area contributed by atoms with Crippen LogP contribution in [0.2, 0.25) is 0 Å². The van der Waals surface area contributed by atoms with Gasteiger partial charge in [0.15, 0.2) is 0 Å². The van der Waals surface area contributed by atoms with Gasteiger partial charge in [-0.2, -0.15) is 0 Å². The number of fused-ring (bicyclic) bond motifs is 1. The molecule has 0 bridgehead atoms. The van der Waals surface area contributed by atoms with Crippen molar-refractivity contribution in [1.82, 2.24) is 4.98 Å². The van der Waals surface area contributed by atoms with Gasteiger partial charge < -0.3 is 11.5 Å². The molecule has 72 valence electrons. The number of aromatic nitrogens is 1. The van der Waals surface area contributed by atoms with Gasteiger partial charge in [0, 0.05) is 11.1 Å². The fourth-order valence-electron chi connectivity index (χ4n) is 1.27. The topological polar surface area (TPSA) is 82.0 Å². The van der Waals surface area contributed by atoms with Crippen LogP contribution in [0.15, 0.2) is 12.1 Å². The highest BCUT2D eigenvalue weighted by molar-refractivity contribution is 7.21. The molecule has 0 saturated heterocycles. The van der Waals surface area contributed by atoms with Gasteiger partial charge in [0.05, 0.1) is 5.69 Å². The van der Waals surface area contributed by atoms with Crippen LogP contribution in [-0.4, -0.2) is 10.9 Å². The van der Waals surface area contributed by atoms with Crippen LogP contribution in [0.5, 0.6) is 0 Å². The summed E-state index contributed by atoms with van der Waals surface area (Å²) in [6.07, 6.45) is 0. The maximum absolute atomic E-state index is 11.0. The van der Waals surface area contributed by atoms with Crippen LogP contribution < -0.4 is 11.5 Å². The van der Waals surface area contributed by atoms with Crippen molar-refractivity contribution in [1.29, 1.82) is 0 Å². The molecule has 0 saturated carbocycles. The molecular weight excluding hydrogens is 198 g/mol.